The molecule has 236 valence electrons. The Hall–Kier alpha value is -3.93. The Morgan fingerprint density at radius 1 is 1.02 bits per heavy atom. The summed E-state index contributed by atoms with van der Waals surface area (Å²) in [4.78, 5) is 52.8. The lowest BCUT2D eigenvalue weighted by molar-refractivity contribution is -0.139. The van der Waals surface area contributed by atoms with Gasteiger partial charge in [-0.3, -0.25) is 18.8 Å². The number of fused-ring (bicyclic) bond motifs is 1. The second kappa shape index (κ2) is 14.2. The van der Waals surface area contributed by atoms with E-state index in [1.807, 2.05) is 4.90 Å². The lowest BCUT2D eigenvalue weighted by Gasteiger charge is -2.37. The summed E-state index contributed by atoms with van der Waals surface area (Å²) in [5.41, 5.74) is 0.979. The number of likely N-dealkylation sites (tertiary alicyclic amines) is 1. The number of rotatable bonds is 11. The summed E-state index contributed by atoms with van der Waals surface area (Å²) in [6.07, 6.45) is 10.6. The molecular weight excluding hydrogens is 568 g/mol. The van der Waals surface area contributed by atoms with Crippen molar-refractivity contribution in [1.29, 1.82) is 0 Å². The Bertz CT molecular complexity index is 1460. The van der Waals surface area contributed by atoms with Crippen LogP contribution in [0.25, 0.3) is 5.78 Å². The number of amides is 3. The van der Waals surface area contributed by atoms with Gasteiger partial charge in [0, 0.05) is 38.1 Å². The second-order valence-corrected chi connectivity index (χ2v) is 12.0. The van der Waals surface area contributed by atoms with E-state index in [1.54, 1.807) is 31.0 Å². The summed E-state index contributed by atoms with van der Waals surface area (Å²) in [7, 11) is 1.71. The zero-order valence-electron chi connectivity index (χ0n) is 25.3. The van der Waals surface area contributed by atoms with Crippen LogP contribution in [-0.4, -0.2) is 86.7 Å². The summed E-state index contributed by atoms with van der Waals surface area (Å²) in [5, 5.41) is 6.01. The normalized spacial score (nSPS) is 18.7. The SMILES string of the molecule is CNC(C)C(=O)NC(C(=O)N1CCCC1CN(CCc1ccc(F)cc1)C(=O)c1cn2cc(F)cnc2n1)C1CCCCC1. The van der Waals surface area contributed by atoms with Crippen molar-refractivity contribution in [2.24, 2.45) is 5.92 Å². The van der Waals surface area contributed by atoms with Gasteiger partial charge in [-0.1, -0.05) is 31.4 Å². The van der Waals surface area contributed by atoms with E-state index in [2.05, 4.69) is 20.6 Å². The van der Waals surface area contributed by atoms with E-state index in [4.69, 9.17) is 0 Å². The molecule has 2 N–H and O–H groups in total. The zero-order chi connectivity index (χ0) is 31.2. The molecule has 5 rings (SSSR count). The maximum absolute atomic E-state index is 14.2. The lowest BCUT2D eigenvalue weighted by Crippen LogP contribution is -2.57. The van der Waals surface area contributed by atoms with Crippen molar-refractivity contribution in [2.75, 3.05) is 26.7 Å². The molecule has 3 atom stereocenters. The Morgan fingerprint density at radius 3 is 2.50 bits per heavy atom. The van der Waals surface area contributed by atoms with Crippen LogP contribution in [0.3, 0.4) is 0 Å². The molecule has 1 aliphatic heterocycles. The number of carbonyl (C=O) groups excluding carboxylic acids is 3. The average molecular weight is 610 g/mol. The number of benzene rings is 1. The number of imidazole rings is 1. The standard InChI is InChI=1S/C32H41F2N7O3/c1-21(35-2)29(42)38-28(23-7-4-3-5-8-23)31(44)41-15-6-9-26(41)19-39(16-14-22-10-12-24(33)13-11-22)30(43)27-20-40-18-25(34)17-36-32(40)37-27/h10-13,17-18,20-21,23,26,28,35H,3-9,14-16,19H2,1-2H3,(H,38,42). The van der Waals surface area contributed by atoms with Crippen molar-refractivity contribution in [3.8, 4) is 0 Å². The molecule has 0 bridgehead atoms. The smallest absolute Gasteiger partial charge is 0.274 e. The molecule has 3 heterocycles. The Kier molecular flexibility index (Phi) is 10.2. The first-order valence-corrected chi connectivity index (χ1v) is 15.6. The van der Waals surface area contributed by atoms with Gasteiger partial charge < -0.3 is 20.4 Å². The molecule has 3 amide bonds. The largest absolute Gasteiger partial charge is 0.343 e. The highest BCUT2D eigenvalue weighted by atomic mass is 19.1. The first-order valence-electron chi connectivity index (χ1n) is 15.6. The monoisotopic (exact) mass is 609 g/mol. The van der Waals surface area contributed by atoms with Gasteiger partial charge in [-0.25, -0.2) is 18.7 Å². The van der Waals surface area contributed by atoms with Gasteiger partial charge in [-0.15, -0.1) is 0 Å². The lowest BCUT2D eigenvalue weighted by atomic mass is 9.83. The molecule has 3 aromatic rings. The molecular formula is C32H41F2N7O3. The van der Waals surface area contributed by atoms with E-state index >= 15 is 0 Å². The highest BCUT2D eigenvalue weighted by Gasteiger charge is 2.39. The molecule has 10 nitrogen and oxygen atoms in total. The summed E-state index contributed by atoms with van der Waals surface area (Å²) in [6, 6.07) is 4.83. The van der Waals surface area contributed by atoms with Crippen LogP contribution in [0.4, 0.5) is 8.78 Å². The minimum Gasteiger partial charge on any atom is -0.343 e. The third-order valence-electron chi connectivity index (χ3n) is 8.97. The second-order valence-electron chi connectivity index (χ2n) is 12.0. The van der Waals surface area contributed by atoms with Crippen LogP contribution >= 0.6 is 0 Å². The fourth-order valence-electron chi connectivity index (χ4n) is 6.32. The molecule has 0 spiro atoms. The molecule has 0 radical (unpaired) electrons. The number of aromatic nitrogens is 3. The molecule has 12 heteroatoms. The first kappa shape index (κ1) is 31.5. The van der Waals surface area contributed by atoms with Gasteiger partial charge >= 0.3 is 0 Å². The van der Waals surface area contributed by atoms with Gasteiger partial charge in [0.1, 0.15) is 17.6 Å². The predicted octanol–water partition coefficient (Wildman–Crippen LogP) is 3.36. The van der Waals surface area contributed by atoms with Gasteiger partial charge in [-0.2, -0.15) is 0 Å². The molecule has 3 unspecified atom stereocenters. The van der Waals surface area contributed by atoms with Crippen LogP contribution in [0.1, 0.15) is 67.9 Å². The third kappa shape index (κ3) is 7.40. The van der Waals surface area contributed by atoms with Crippen molar-refractivity contribution in [1.82, 2.24) is 34.8 Å². The van der Waals surface area contributed by atoms with Crippen molar-refractivity contribution < 1.29 is 23.2 Å². The molecule has 2 aliphatic rings. The minimum absolute atomic E-state index is 0.0626. The van der Waals surface area contributed by atoms with Crippen LogP contribution in [0, 0.1) is 17.6 Å². The number of halogens is 2. The number of nitrogens with zero attached hydrogens (tertiary/aromatic N) is 5. The number of hydrogen-bond donors (Lipinski definition) is 2. The van der Waals surface area contributed by atoms with E-state index in [-0.39, 0.29) is 53.5 Å². The summed E-state index contributed by atoms with van der Waals surface area (Å²) < 4.78 is 28.7. The van der Waals surface area contributed by atoms with Crippen molar-refractivity contribution in [2.45, 2.75) is 76.4 Å². The Labute approximate surface area is 256 Å². The quantitative estimate of drug-likeness (QED) is 0.345. The fourth-order valence-corrected chi connectivity index (χ4v) is 6.32. The van der Waals surface area contributed by atoms with E-state index < -0.39 is 17.9 Å². The van der Waals surface area contributed by atoms with E-state index in [9.17, 15) is 23.2 Å². The van der Waals surface area contributed by atoms with E-state index in [0.29, 0.717) is 25.9 Å². The summed E-state index contributed by atoms with van der Waals surface area (Å²) >= 11 is 0. The van der Waals surface area contributed by atoms with Gasteiger partial charge in [0.05, 0.1) is 12.2 Å². The van der Waals surface area contributed by atoms with Crippen molar-refractivity contribution in [3.63, 3.8) is 0 Å². The third-order valence-corrected chi connectivity index (χ3v) is 8.97. The Balaban J connectivity index is 1.37. The highest BCUT2D eigenvalue weighted by molar-refractivity contribution is 5.93. The van der Waals surface area contributed by atoms with Crippen LogP contribution in [0.2, 0.25) is 0 Å². The fraction of sp³-hybridized carbons (Fsp3) is 0.531. The van der Waals surface area contributed by atoms with E-state index in [1.165, 1.54) is 28.9 Å². The number of carbonyl (C=O) groups is 3. The van der Waals surface area contributed by atoms with Gasteiger partial charge in [-0.05, 0) is 69.7 Å². The molecule has 2 aromatic heterocycles. The molecule has 2 fully saturated rings. The Morgan fingerprint density at radius 2 is 1.77 bits per heavy atom. The first-order chi connectivity index (χ1) is 21.2. The van der Waals surface area contributed by atoms with Gasteiger partial charge in [0.15, 0.2) is 5.82 Å². The molecule has 1 aromatic carbocycles. The number of hydrogen-bond acceptors (Lipinski definition) is 6. The molecule has 1 saturated carbocycles. The van der Waals surface area contributed by atoms with Crippen LogP contribution in [0.15, 0.2) is 42.9 Å². The topological polar surface area (TPSA) is 112 Å². The van der Waals surface area contributed by atoms with Crippen LogP contribution in [-0.2, 0) is 16.0 Å². The van der Waals surface area contributed by atoms with E-state index in [0.717, 1.165) is 50.3 Å². The van der Waals surface area contributed by atoms with Crippen molar-refractivity contribution in [3.05, 3.63) is 65.7 Å². The van der Waals surface area contributed by atoms with Gasteiger partial charge in [0.25, 0.3) is 5.91 Å². The van der Waals surface area contributed by atoms with Crippen molar-refractivity contribution >= 4 is 23.5 Å². The average Bonchev–Trinajstić information content (AvgIpc) is 3.68. The molecule has 1 aliphatic carbocycles. The molecule has 44 heavy (non-hydrogen) atoms. The zero-order valence-corrected chi connectivity index (χ0v) is 25.3. The van der Waals surface area contributed by atoms with Gasteiger partial charge in [0.2, 0.25) is 17.6 Å². The summed E-state index contributed by atoms with van der Waals surface area (Å²) in [5.74, 6) is -1.30. The van der Waals surface area contributed by atoms with Crippen LogP contribution in [0.5, 0.6) is 0 Å². The number of nitrogens with one attached hydrogen (secondary N) is 2. The minimum atomic E-state index is -0.623. The molecule has 1 saturated heterocycles. The number of likely N-dealkylation sites (N-methyl/N-ethyl adjacent to an activating group) is 1. The predicted molar refractivity (Wildman–Crippen MR) is 161 cm³/mol. The highest BCUT2D eigenvalue weighted by Crippen LogP contribution is 2.30. The maximum Gasteiger partial charge on any atom is 0.274 e. The van der Waals surface area contributed by atoms with Crippen LogP contribution < -0.4 is 10.6 Å². The summed E-state index contributed by atoms with van der Waals surface area (Å²) in [6.45, 7) is 2.88. The maximum atomic E-state index is 14.2.